The van der Waals surface area contributed by atoms with Gasteiger partial charge in [0.05, 0.1) is 19.3 Å². The van der Waals surface area contributed by atoms with Crippen LogP contribution in [0.4, 0.5) is 0 Å². The van der Waals surface area contributed by atoms with Crippen molar-refractivity contribution < 1.29 is 14.6 Å². The van der Waals surface area contributed by atoms with Crippen molar-refractivity contribution in [2.24, 2.45) is 5.73 Å². The lowest BCUT2D eigenvalue weighted by Gasteiger charge is -2.40. The lowest BCUT2D eigenvalue weighted by Crippen LogP contribution is -2.48. The van der Waals surface area contributed by atoms with Crippen LogP contribution >= 0.6 is 0 Å². The number of nitrogens with two attached hydrogens (primary N) is 1. The van der Waals surface area contributed by atoms with Crippen LogP contribution in [0.5, 0.6) is 11.5 Å². The van der Waals surface area contributed by atoms with Crippen molar-refractivity contribution in [2.75, 3.05) is 26.7 Å². The average Bonchev–Trinajstić information content (AvgIpc) is 2.40. The molecule has 3 N–H and O–H groups in total. The second-order valence-electron chi connectivity index (χ2n) is 5.39. The maximum absolute atomic E-state index is 9.69. The van der Waals surface area contributed by atoms with E-state index in [1.807, 2.05) is 12.1 Å². The molecular weight excluding hydrogens is 256 g/mol. The van der Waals surface area contributed by atoms with Crippen LogP contribution in [0.2, 0.25) is 0 Å². The Morgan fingerprint density at radius 3 is 2.60 bits per heavy atom. The Hall–Kier alpha value is -1.30. The van der Waals surface area contributed by atoms with Crippen molar-refractivity contribution in [3.8, 4) is 11.5 Å². The standard InChI is InChI=1S/C15H24N2O3/c1-10-8-17(9-11(2)20-10)13(7-16)12-4-5-14(18)15(6-12)19-3/h4-6,10-11,13,18H,7-9,16H2,1-3H3. The summed E-state index contributed by atoms with van der Waals surface area (Å²) >= 11 is 0. The van der Waals surface area contributed by atoms with Crippen LogP contribution in [0.15, 0.2) is 18.2 Å². The summed E-state index contributed by atoms with van der Waals surface area (Å²) in [7, 11) is 1.55. The first-order chi connectivity index (χ1) is 9.55. The van der Waals surface area contributed by atoms with Gasteiger partial charge in [0.15, 0.2) is 11.5 Å². The summed E-state index contributed by atoms with van der Waals surface area (Å²) in [4.78, 5) is 2.34. The molecule has 0 aliphatic carbocycles. The van der Waals surface area contributed by atoms with E-state index in [1.165, 1.54) is 0 Å². The van der Waals surface area contributed by atoms with E-state index in [0.29, 0.717) is 12.3 Å². The van der Waals surface area contributed by atoms with E-state index < -0.39 is 0 Å². The molecule has 1 heterocycles. The van der Waals surface area contributed by atoms with Crippen LogP contribution in [0, 0.1) is 0 Å². The second-order valence-corrected chi connectivity index (χ2v) is 5.39. The Morgan fingerprint density at radius 2 is 2.05 bits per heavy atom. The van der Waals surface area contributed by atoms with Crippen molar-refractivity contribution in [2.45, 2.75) is 32.1 Å². The minimum atomic E-state index is 0.110. The van der Waals surface area contributed by atoms with Gasteiger partial charge in [-0.2, -0.15) is 0 Å². The lowest BCUT2D eigenvalue weighted by molar-refractivity contribution is -0.0799. The predicted octanol–water partition coefficient (Wildman–Crippen LogP) is 1.51. The van der Waals surface area contributed by atoms with Crippen LogP contribution in [-0.2, 0) is 4.74 Å². The number of phenols is 1. The first kappa shape index (κ1) is 15.1. The Labute approximate surface area is 120 Å². The fourth-order valence-corrected chi connectivity index (χ4v) is 2.87. The van der Waals surface area contributed by atoms with Gasteiger partial charge < -0.3 is 20.3 Å². The molecule has 0 saturated carbocycles. The predicted molar refractivity (Wildman–Crippen MR) is 78.0 cm³/mol. The van der Waals surface area contributed by atoms with Gasteiger partial charge in [0.25, 0.3) is 0 Å². The van der Waals surface area contributed by atoms with Crippen LogP contribution in [-0.4, -0.2) is 49.0 Å². The Kier molecular flexibility index (Phi) is 4.86. The molecule has 112 valence electrons. The quantitative estimate of drug-likeness (QED) is 0.875. The third-order valence-electron chi connectivity index (χ3n) is 3.70. The highest BCUT2D eigenvalue weighted by molar-refractivity contribution is 5.42. The van der Waals surface area contributed by atoms with E-state index in [1.54, 1.807) is 13.2 Å². The van der Waals surface area contributed by atoms with Crippen LogP contribution in [0.3, 0.4) is 0 Å². The average molecular weight is 280 g/mol. The van der Waals surface area contributed by atoms with E-state index in [0.717, 1.165) is 18.7 Å². The molecule has 1 aliphatic rings. The summed E-state index contributed by atoms with van der Waals surface area (Å²) in [6.45, 7) is 6.39. The first-order valence-corrected chi connectivity index (χ1v) is 7.01. The van der Waals surface area contributed by atoms with Crippen LogP contribution < -0.4 is 10.5 Å². The molecule has 0 spiro atoms. The third-order valence-corrected chi connectivity index (χ3v) is 3.70. The minimum absolute atomic E-state index is 0.110. The summed E-state index contributed by atoms with van der Waals surface area (Å²) in [5.41, 5.74) is 7.03. The van der Waals surface area contributed by atoms with Crippen molar-refractivity contribution >= 4 is 0 Å². The fourth-order valence-electron chi connectivity index (χ4n) is 2.87. The van der Waals surface area contributed by atoms with E-state index >= 15 is 0 Å². The van der Waals surface area contributed by atoms with E-state index in [2.05, 4.69) is 18.7 Å². The molecular formula is C15H24N2O3. The molecule has 5 nitrogen and oxygen atoms in total. The van der Waals surface area contributed by atoms with Gasteiger partial charge in [-0.3, -0.25) is 4.90 Å². The Balaban J connectivity index is 2.23. The SMILES string of the molecule is COc1cc(C(CN)N2CC(C)OC(C)C2)ccc1O. The highest BCUT2D eigenvalue weighted by Gasteiger charge is 2.28. The highest BCUT2D eigenvalue weighted by atomic mass is 16.5. The fraction of sp³-hybridized carbons (Fsp3) is 0.600. The summed E-state index contributed by atoms with van der Waals surface area (Å²) in [5, 5.41) is 9.69. The number of methoxy groups -OCH3 is 1. The highest BCUT2D eigenvalue weighted by Crippen LogP contribution is 2.31. The Bertz CT molecular complexity index is 443. The van der Waals surface area contributed by atoms with Gasteiger partial charge in [-0.15, -0.1) is 0 Å². The lowest BCUT2D eigenvalue weighted by atomic mass is 10.0. The number of morpholine rings is 1. The number of benzene rings is 1. The molecule has 3 unspecified atom stereocenters. The Morgan fingerprint density at radius 1 is 1.40 bits per heavy atom. The number of hydrogen-bond donors (Lipinski definition) is 2. The molecule has 0 bridgehead atoms. The molecule has 3 atom stereocenters. The van der Waals surface area contributed by atoms with E-state index in [4.69, 9.17) is 15.2 Å². The number of phenolic OH excluding ortho intramolecular Hbond substituents is 1. The van der Waals surface area contributed by atoms with Gasteiger partial charge in [0.1, 0.15) is 0 Å². The van der Waals surface area contributed by atoms with Gasteiger partial charge in [-0.25, -0.2) is 0 Å². The van der Waals surface area contributed by atoms with Crippen LogP contribution in [0.1, 0.15) is 25.5 Å². The van der Waals surface area contributed by atoms with Crippen molar-refractivity contribution in [3.63, 3.8) is 0 Å². The maximum Gasteiger partial charge on any atom is 0.160 e. The normalized spacial score (nSPS) is 25.4. The van der Waals surface area contributed by atoms with Gasteiger partial charge >= 0.3 is 0 Å². The summed E-state index contributed by atoms with van der Waals surface area (Å²) < 4.78 is 10.9. The molecule has 1 fully saturated rings. The monoisotopic (exact) mass is 280 g/mol. The molecule has 1 aliphatic heterocycles. The van der Waals surface area contributed by atoms with E-state index in [-0.39, 0.29) is 24.0 Å². The van der Waals surface area contributed by atoms with Gasteiger partial charge in [0, 0.05) is 25.7 Å². The van der Waals surface area contributed by atoms with Crippen molar-refractivity contribution in [1.29, 1.82) is 0 Å². The number of aromatic hydroxyl groups is 1. The summed E-state index contributed by atoms with van der Waals surface area (Å²) in [6, 6.07) is 5.53. The number of hydrogen-bond acceptors (Lipinski definition) is 5. The van der Waals surface area contributed by atoms with Crippen molar-refractivity contribution in [3.05, 3.63) is 23.8 Å². The molecule has 0 radical (unpaired) electrons. The van der Waals surface area contributed by atoms with Gasteiger partial charge in [0.2, 0.25) is 0 Å². The van der Waals surface area contributed by atoms with Crippen LogP contribution in [0.25, 0.3) is 0 Å². The van der Waals surface area contributed by atoms with Gasteiger partial charge in [-0.05, 0) is 31.5 Å². The molecule has 1 aromatic rings. The second kappa shape index (κ2) is 6.43. The zero-order chi connectivity index (χ0) is 14.7. The molecule has 1 saturated heterocycles. The molecule has 20 heavy (non-hydrogen) atoms. The number of rotatable bonds is 4. The molecule has 2 rings (SSSR count). The number of nitrogens with zero attached hydrogens (tertiary/aromatic N) is 1. The van der Waals surface area contributed by atoms with E-state index in [9.17, 15) is 5.11 Å². The van der Waals surface area contributed by atoms with Crippen molar-refractivity contribution in [1.82, 2.24) is 4.90 Å². The molecule has 0 amide bonds. The zero-order valence-electron chi connectivity index (χ0n) is 12.4. The van der Waals surface area contributed by atoms with Gasteiger partial charge in [-0.1, -0.05) is 6.07 Å². The molecule has 5 heteroatoms. The summed E-state index contributed by atoms with van der Waals surface area (Å²) in [5.74, 6) is 0.631. The molecule has 0 aromatic heterocycles. The summed E-state index contributed by atoms with van der Waals surface area (Å²) in [6.07, 6.45) is 0.402. The minimum Gasteiger partial charge on any atom is -0.504 e. The molecule has 1 aromatic carbocycles. The number of ether oxygens (including phenoxy) is 2. The maximum atomic E-state index is 9.69. The topological polar surface area (TPSA) is 68.0 Å². The largest absolute Gasteiger partial charge is 0.504 e. The first-order valence-electron chi connectivity index (χ1n) is 7.01. The zero-order valence-corrected chi connectivity index (χ0v) is 12.4. The smallest absolute Gasteiger partial charge is 0.160 e. The third kappa shape index (κ3) is 3.23.